The number of anilines is 1. The van der Waals surface area contributed by atoms with Gasteiger partial charge in [-0.15, -0.1) is 13.2 Å². The van der Waals surface area contributed by atoms with Crippen molar-refractivity contribution in [3.63, 3.8) is 0 Å². The van der Waals surface area contributed by atoms with Crippen molar-refractivity contribution < 1.29 is 27.4 Å². The number of nitrogens with zero attached hydrogens (tertiary/aromatic N) is 5. The monoisotopic (exact) mass is 470 g/mol. The molecule has 2 N–H and O–H groups in total. The Bertz CT molecular complexity index is 1450. The Morgan fingerprint density at radius 1 is 1.21 bits per heavy atom. The number of fused-ring (bicyclic) bond motifs is 6. The molecule has 12 heteroatoms. The summed E-state index contributed by atoms with van der Waals surface area (Å²) in [6, 6.07) is 5.16. The predicted molar refractivity (Wildman–Crippen MR) is 113 cm³/mol. The van der Waals surface area contributed by atoms with E-state index in [4.69, 9.17) is 10.5 Å². The van der Waals surface area contributed by atoms with Gasteiger partial charge in [0, 0.05) is 18.2 Å². The Kier molecular flexibility index (Phi) is 4.35. The first-order valence-corrected chi connectivity index (χ1v) is 10.5. The minimum Gasteiger partial charge on any atom is -0.487 e. The van der Waals surface area contributed by atoms with Gasteiger partial charge in [-0.1, -0.05) is 0 Å². The number of aromatic nitrogens is 4. The molecule has 0 aliphatic carbocycles. The van der Waals surface area contributed by atoms with Crippen LogP contribution in [0.5, 0.6) is 11.5 Å². The first-order valence-electron chi connectivity index (χ1n) is 10.5. The van der Waals surface area contributed by atoms with Crippen LogP contribution in [0.2, 0.25) is 0 Å². The molecule has 0 saturated carbocycles. The first-order chi connectivity index (χ1) is 16.3. The number of likely N-dealkylation sites (tertiary alicyclic amines) is 1. The van der Waals surface area contributed by atoms with Gasteiger partial charge in [-0.3, -0.25) is 9.20 Å². The summed E-state index contributed by atoms with van der Waals surface area (Å²) in [5, 5.41) is 0. The van der Waals surface area contributed by atoms with Gasteiger partial charge in [0.1, 0.15) is 40.1 Å². The minimum atomic E-state index is -4.80. The lowest BCUT2D eigenvalue weighted by Gasteiger charge is -2.36. The number of benzene rings is 1. The zero-order valence-corrected chi connectivity index (χ0v) is 17.5. The molecule has 9 nitrogen and oxygen atoms in total. The third kappa shape index (κ3) is 3.25. The molecule has 0 unspecified atom stereocenters. The summed E-state index contributed by atoms with van der Waals surface area (Å²) in [5.41, 5.74) is 8.58. The average molecular weight is 470 g/mol. The van der Waals surface area contributed by atoms with E-state index in [1.807, 2.05) is 0 Å². The number of carbonyl (C=O) groups excluding carboxylic acids is 1. The minimum absolute atomic E-state index is 0.209. The molecule has 1 fully saturated rings. The van der Waals surface area contributed by atoms with E-state index in [1.165, 1.54) is 24.4 Å². The van der Waals surface area contributed by atoms with Crippen LogP contribution in [0.15, 0.2) is 43.0 Å². The van der Waals surface area contributed by atoms with Crippen LogP contribution in [0.25, 0.3) is 16.6 Å². The van der Waals surface area contributed by atoms with E-state index in [9.17, 15) is 18.0 Å². The van der Waals surface area contributed by atoms with Gasteiger partial charge in [0.2, 0.25) is 0 Å². The van der Waals surface area contributed by atoms with Crippen LogP contribution in [0.1, 0.15) is 34.9 Å². The summed E-state index contributed by atoms with van der Waals surface area (Å²) in [6.45, 7) is 0.462. The molecule has 0 spiro atoms. The van der Waals surface area contributed by atoms with E-state index in [1.54, 1.807) is 27.9 Å². The van der Waals surface area contributed by atoms with Gasteiger partial charge in [0.25, 0.3) is 5.91 Å². The highest BCUT2D eigenvalue weighted by molar-refractivity contribution is 5.96. The second kappa shape index (κ2) is 7.20. The zero-order valence-electron chi connectivity index (χ0n) is 17.5. The van der Waals surface area contributed by atoms with Crippen molar-refractivity contribution in [2.75, 3.05) is 12.3 Å². The number of nitrogen functional groups attached to an aromatic ring is 1. The molecular weight excluding hydrogens is 453 g/mol. The van der Waals surface area contributed by atoms with E-state index in [0.717, 1.165) is 0 Å². The quantitative estimate of drug-likeness (QED) is 0.478. The molecule has 6 rings (SSSR count). The maximum Gasteiger partial charge on any atom is 0.573 e. The fourth-order valence-corrected chi connectivity index (χ4v) is 4.75. The maximum absolute atomic E-state index is 13.6. The molecule has 174 valence electrons. The molecule has 3 aromatic heterocycles. The number of imidazole rings is 1. The van der Waals surface area contributed by atoms with Gasteiger partial charge in [-0.05, 0) is 31.0 Å². The van der Waals surface area contributed by atoms with Crippen molar-refractivity contribution in [2.45, 2.75) is 31.3 Å². The van der Waals surface area contributed by atoms with Crippen LogP contribution < -0.4 is 15.2 Å². The van der Waals surface area contributed by atoms with Crippen LogP contribution in [-0.4, -0.2) is 49.2 Å². The SMILES string of the molecule is Nc1nc2cnc(C(=O)N3CCC[C@@H]4Oc5cc(OC(F)(F)F)ccc5[C@@H]43)cc2n2cncc12. The number of carbonyl (C=O) groups is 1. The summed E-state index contributed by atoms with van der Waals surface area (Å²) in [7, 11) is 0. The third-order valence-corrected chi connectivity index (χ3v) is 6.13. The van der Waals surface area contributed by atoms with Crippen molar-refractivity contribution in [3.05, 3.63) is 54.2 Å². The lowest BCUT2D eigenvalue weighted by Crippen LogP contribution is -2.44. The largest absolute Gasteiger partial charge is 0.573 e. The number of amides is 1. The van der Waals surface area contributed by atoms with Gasteiger partial charge in [-0.2, -0.15) is 0 Å². The number of pyridine rings is 1. The number of halogens is 3. The van der Waals surface area contributed by atoms with Gasteiger partial charge in [-0.25, -0.2) is 15.0 Å². The maximum atomic E-state index is 13.6. The number of alkyl halides is 3. The lowest BCUT2D eigenvalue weighted by atomic mass is 9.94. The van der Waals surface area contributed by atoms with Crippen LogP contribution in [0.3, 0.4) is 0 Å². The highest BCUT2D eigenvalue weighted by Gasteiger charge is 2.44. The van der Waals surface area contributed by atoms with Gasteiger partial charge < -0.3 is 20.1 Å². The number of nitrogens with two attached hydrogens (primary N) is 1. The van der Waals surface area contributed by atoms with Gasteiger partial charge in [0.05, 0.1) is 30.3 Å². The summed E-state index contributed by atoms with van der Waals surface area (Å²) in [5.74, 6) is -0.0927. The number of rotatable bonds is 2. The Balaban J connectivity index is 1.36. The Labute approximate surface area is 189 Å². The van der Waals surface area contributed by atoms with Crippen LogP contribution in [0.4, 0.5) is 19.0 Å². The molecule has 0 radical (unpaired) electrons. The van der Waals surface area contributed by atoms with Crippen molar-refractivity contribution >= 4 is 28.3 Å². The van der Waals surface area contributed by atoms with Crippen LogP contribution in [-0.2, 0) is 0 Å². The standard InChI is InChI=1S/C22H17F3N6O3/c23-22(24,25)34-11-3-4-12-18(6-11)33-17-2-1-5-30(19(12)17)21(32)13-7-15-14(8-28-13)29-20(26)16-9-27-10-31(15)16/h3-4,6-10,17,19H,1-2,5H2,(H2,26,29)/t17-,19-/m0/s1. The van der Waals surface area contributed by atoms with E-state index in [0.29, 0.717) is 47.3 Å². The van der Waals surface area contributed by atoms with Crippen LogP contribution >= 0.6 is 0 Å². The number of ether oxygens (including phenoxy) is 2. The third-order valence-electron chi connectivity index (χ3n) is 6.13. The van der Waals surface area contributed by atoms with E-state index in [-0.39, 0.29) is 29.2 Å². The summed E-state index contributed by atoms with van der Waals surface area (Å²) in [4.78, 5) is 28.0. The Hall–Kier alpha value is -4.09. The van der Waals surface area contributed by atoms with Crippen molar-refractivity contribution in [3.8, 4) is 11.5 Å². The highest BCUT2D eigenvalue weighted by Crippen LogP contribution is 2.46. The molecule has 1 amide bonds. The number of piperidine rings is 1. The molecule has 0 bridgehead atoms. The summed E-state index contributed by atoms with van der Waals surface area (Å²) < 4.78 is 49.5. The first kappa shape index (κ1) is 20.5. The number of hydrogen-bond acceptors (Lipinski definition) is 7. The molecular formula is C22H17F3N6O3. The topological polar surface area (TPSA) is 108 Å². The molecule has 2 atom stereocenters. The van der Waals surface area contributed by atoms with Crippen LogP contribution in [0, 0.1) is 0 Å². The van der Waals surface area contributed by atoms with Crippen molar-refractivity contribution in [1.82, 2.24) is 24.3 Å². The van der Waals surface area contributed by atoms with Crippen molar-refractivity contribution in [1.29, 1.82) is 0 Å². The van der Waals surface area contributed by atoms with Gasteiger partial charge in [0.15, 0.2) is 0 Å². The molecule has 1 saturated heterocycles. The zero-order chi connectivity index (χ0) is 23.6. The van der Waals surface area contributed by atoms with Gasteiger partial charge >= 0.3 is 6.36 Å². The highest BCUT2D eigenvalue weighted by atomic mass is 19.4. The Morgan fingerprint density at radius 3 is 2.88 bits per heavy atom. The average Bonchev–Trinajstić information content (AvgIpc) is 3.42. The van der Waals surface area contributed by atoms with E-state index < -0.39 is 12.4 Å². The molecule has 2 aliphatic heterocycles. The summed E-state index contributed by atoms with van der Waals surface area (Å²) >= 11 is 0. The lowest BCUT2D eigenvalue weighted by molar-refractivity contribution is -0.274. The predicted octanol–water partition coefficient (Wildman–Crippen LogP) is 3.50. The molecule has 1 aromatic carbocycles. The fourth-order valence-electron chi connectivity index (χ4n) is 4.75. The second-order valence-corrected chi connectivity index (χ2v) is 8.19. The second-order valence-electron chi connectivity index (χ2n) is 8.19. The van der Waals surface area contributed by atoms with E-state index in [2.05, 4.69) is 19.7 Å². The smallest absolute Gasteiger partial charge is 0.487 e. The molecule has 2 aliphatic rings. The normalized spacial score (nSPS) is 19.7. The Morgan fingerprint density at radius 2 is 2.06 bits per heavy atom. The molecule has 34 heavy (non-hydrogen) atoms. The van der Waals surface area contributed by atoms with E-state index >= 15 is 0 Å². The molecule has 4 aromatic rings. The fraction of sp³-hybridized carbons (Fsp3) is 0.273. The molecule has 5 heterocycles. The number of hydrogen-bond donors (Lipinski definition) is 1. The van der Waals surface area contributed by atoms with Crippen molar-refractivity contribution in [2.24, 2.45) is 0 Å². The summed E-state index contributed by atoms with van der Waals surface area (Å²) in [6.07, 6.45) is 0.845.